The van der Waals surface area contributed by atoms with Gasteiger partial charge in [-0.3, -0.25) is 4.90 Å². The molecule has 0 radical (unpaired) electrons. The van der Waals surface area contributed by atoms with Crippen LogP contribution in [0.5, 0.6) is 0 Å². The number of carbonyl (C=O) groups excluding carboxylic acids is 3. The fourth-order valence-electron chi connectivity index (χ4n) is 6.87. The zero-order chi connectivity index (χ0) is 41.4. The highest BCUT2D eigenvalue weighted by molar-refractivity contribution is 5.74. The zero-order valence-corrected chi connectivity index (χ0v) is 36.0. The number of aliphatic hydroxyl groups excluding tert-OH is 1. The molecule has 2 aromatic rings. The molecule has 3 saturated heterocycles. The lowest BCUT2D eigenvalue weighted by molar-refractivity contribution is -0.111. The van der Waals surface area contributed by atoms with Crippen LogP contribution in [0.1, 0.15) is 110 Å². The number of nitrogens with zero attached hydrogens (tertiary/aromatic N) is 4. The van der Waals surface area contributed by atoms with Crippen molar-refractivity contribution in [3.63, 3.8) is 0 Å². The van der Waals surface area contributed by atoms with E-state index in [9.17, 15) is 14.4 Å². The molecule has 0 aliphatic carbocycles. The van der Waals surface area contributed by atoms with Gasteiger partial charge in [-0.05, 0) is 82.4 Å². The minimum absolute atomic E-state index is 0.173. The summed E-state index contributed by atoms with van der Waals surface area (Å²) < 4.78 is 10.6. The van der Waals surface area contributed by atoms with E-state index in [-0.39, 0.29) is 18.7 Å². The largest absolute Gasteiger partial charge is 0.445 e. The van der Waals surface area contributed by atoms with Crippen LogP contribution in [0.2, 0.25) is 0 Å². The topological polar surface area (TPSA) is 115 Å². The summed E-state index contributed by atoms with van der Waals surface area (Å²) >= 11 is 0. The van der Waals surface area contributed by atoms with Gasteiger partial charge in [-0.25, -0.2) is 9.59 Å². The molecule has 0 bridgehead atoms. The lowest BCUT2D eigenvalue weighted by atomic mass is 10.2. The maximum absolute atomic E-state index is 12.3. The normalized spacial score (nSPS) is 18.4. The van der Waals surface area contributed by atoms with Gasteiger partial charge in [0.25, 0.3) is 0 Å². The predicted molar refractivity (Wildman–Crippen MR) is 229 cm³/mol. The van der Waals surface area contributed by atoms with Crippen LogP contribution in [0.4, 0.5) is 9.59 Å². The van der Waals surface area contributed by atoms with Crippen LogP contribution in [0.25, 0.3) is 0 Å². The number of nitrogens with one attached hydrogen (secondary N) is 1. The third-order valence-corrected chi connectivity index (χ3v) is 10.3. The van der Waals surface area contributed by atoms with Crippen molar-refractivity contribution in [1.29, 1.82) is 0 Å². The molecule has 0 saturated carbocycles. The number of hydrogen-bond donors (Lipinski definition) is 2. The molecule has 3 aliphatic heterocycles. The summed E-state index contributed by atoms with van der Waals surface area (Å²) in [7, 11) is 1.00. The molecule has 2 amide bonds. The van der Waals surface area contributed by atoms with E-state index in [0.717, 1.165) is 82.4 Å². The van der Waals surface area contributed by atoms with Crippen molar-refractivity contribution in [3.8, 4) is 0 Å². The number of aldehydes is 1. The summed E-state index contributed by atoms with van der Waals surface area (Å²) in [6.07, 6.45) is 10.8. The van der Waals surface area contributed by atoms with Crippen molar-refractivity contribution in [2.24, 2.45) is 0 Å². The molecule has 11 heteroatoms. The smallest absolute Gasteiger partial charge is 0.410 e. The van der Waals surface area contributed by atoms with Gasteiger partial charge in [-0.2, -0.15) is 0 Å². The predicted octanol–water partition coefficient (Wildman–Crippen LogP) is 8.00. The lowest BCUT2D eigenvalue weighted by Crippen LogP contribution is -2.43. The van der Waals surface area contributed by atoms with Gasteiger partial charge in [0.1, 0.15) is 19.5 Å². The van der Waals surface area contributed by atoms with Crippen LogP contribution in [-0.4, -0.2) is 127 Å². The molecular formula is C45H77N5O6. The quantitative estimate of drug-likeness (QED) is 0.174. The van der Waals surface area contributed by atoms with Crippen molar-refractivity contribution >= 4 is 18.5 Å². The summed E-state index contributed by atoms with van der Waals surface area (Å²) in [6.45, 7) is 23.1. The Morgan fingerprint density at radius 1 is 0.696 bits per heavy atom. The van der Waals surface area contributed by atoms with E-state index in [2.05, 4.69) is 56.7 Å². The van der Waals surface area contributed by atoms with E-state index in [1.165, 1.54) is 63.2 Å². The van der Waals surface area contributed by atoms with Crippen molar-refractivity contribution in [2.45, 2.75) is 131 Å². The van der Waals surface area contributed by atoms with E-state index in [0.29, 0.717) is 19.2 Å². The Labute approximate surface area is 340 Å². The van der Waals surface area contributed by atoms with Gasteiger partial charge in [0.2, 0.25) is 0 Å². The van der Waals surface area contributed by atoms with Gasteiger partial charge in [0.15, 0.2) is 0 Å². The van der Waals surface area contributed by atoms with Gasteiger partial charge in [-0.1, -0.05) is 121 Å². The molecule has 3 aliphatic rings. The third-order valence-electron chi connectivity index (χ3n) is 10.3. The Bertz CT molecular complexity index is 1240. The Morgan fingerprint density at radius 2 is 1.18 bits per heavy atom. The third kappa shape index (κ3) is 20.6. The second-order valence-electron chi connectivity index (χ2n) is 14.2. The molecule has 318 valence electrons. The summed E-state index contributed by atoms with van der Waals surface area (Å²) in [6, 6.07) is 20.1. The minimum atomic E-state index is -0.400. The molecule has 3 fully saturated rings. The molecule has 0 aromatic heterocycles. The summed E-state index contributed by atoms with van der Waals surface area (Å²) in [5.74, 6) is 0. The van der Waals surface area contributed by atoms with Crippen LogP contribution >= 0.6 is 0 Å². The monoisotopic (exact) mass is 784 g/mol. The number of carbonyl (C=O) groups is 3. The molecule has 3 heterocycles. The van der Waals surface area contributed by atoms with E-state index in [4.69, 9.17) is 14.6 Å². The lowest BCUT2D eigenvalue weighted by Gasteiger charge is -2.29. The molecular weight excluding hydrogens is 707 g/mol. The first-order chi connectivity index (χ1) is 27.3. The van der Waals surface area contributed by atoms with Gasteiger partial charge >= 0.3 is 12.2 Å². The molecule has 2 aromatic carbocycles. The Morgan fingerprint density at radius 3 is 1.62 bits per heavy atom. The van der Waals surface area contributed by atoms with Crippen LogP contribution in [0.3, 0.4) is 0 Å². The first-order valence-electron chi connectivity index (χ1n) is 21.4. The number of likely N-dealkylation sites (tertiary alicyclic amines) is 2. The molecule has 2 N–H and O–H groups in total. The van der Waals surface area contributed by atoms with Gasteiger partial charge in [0.05, 0.1) is 6.04 Å². The van der Waals surface area contributed by atoms with Gasteiger partial charge < -0.3 is 39.4 Å². The first kappa shape index (κ1) is 50.5. The number of ether oxygens (including phenoxy) is 2. The Hall–Kier alpha value is -3.51. The fraction of sp³-hybridized carbons (Fsp3) is 0.667. The average molecular weight is 784 g/mol. The average Bonchev–Trinajstić information content (AvgIpc) is 4.06. The highest BCUT2D eigenvalue weighted by atomic mass is 16.6. The van der Waals surface area contributed by atoms with Crippen LogP contribution in [-0.2, 0) is 27.5 Å². The van der Waals surface area contributed by atoms with Gasteiger partial charge in [0, 0.05) is 45.4 Å². The number of likely N-dealkylation sites (N-methyl/N-ethyl adjacent to an activating group) is 2. The molecule has 3 atom stereocenters. The molecule has 56 heavy (non-hydrogen) atoms. The van der Waals surface area contributed by atoms with Crippen LogP contribution in [0, 0.1) is 0 Å². The van der Waals surface area contributed by atoms with E-state index in [1.807, 2.05) is 65.6 Å². The summed E-state index contributed by atoms with van der Waals surface area (Å²) in [5.41, 5.74) is 1.98. The number of aliphatic hydroxyl groups is 1. The number of benzene rings is 2. The van der Waals surface area contributed by atoms with Crippen LogP contribution in [0.15, 0.2) is 60.7 Å². The maximum Gasteiger partial charge on any atom is 0.410 e. The zero-order valence-electron chi connectivity index (χ0n) is 36.0. The number of hydrogen-bond acceptors (Lipinski definition) is 9. The van der Waals surface area contributed by atoms with Crippen molar-refractivity contribution in [1.82, 2.24) is 24.9 Å². The standard InChI is InChI=1S/C17H26N2O2.C13H15NO3.C9H20N2.C5H12.CH4O/c1-3-18(4-2)13-16-11-8-12-19(16)17(20)21-14-15-9-6-5-7-10-15;15-9-12-7-4-8-14(12)13(16)17-10-11-5-2-1-3-6-11;1-3-11(4-2)8-9-6-5-7-10-9;1-3-5-4-2;1-2/h5-7,9-10,16H,3-4,8,11-14H2,1-2H3;1-3,5-6,9,12H,4,7-8,10H2;9-10H,3-8H2,1-2H3;3-5H2,1-2H3;2H,1H3/t16-;12-;9-;;/m000../s1. The van der Waals surface area contributed by atoms with Crippen molar-refractivity contribution < 1.29 is 29.0 Å². The highest BCUT2D eigenvalue weighted by Crippen LogP contribution is 2.20. The second kappa shape index (κ2) is 32.6. The molecule has 11 nitrogen and oxygen atoms in total. The first-order valence-corrected chi connectivity index (χ1v) is 21.4. The van der Waals surface area contributed by atoms with Crippen molar-refractivity contribution in [2.75, 3.05) is 66.0 Å². The second-order valence-corrected chi connectivity index (χ2v) is 14.2. The SMILES string of the molecule is CCCCC.CCN(CC)C[C@@H]1CCCN1.CCN(CC)C[C@@H]1CCCN1C(=O)OCc1ccccc1.CO.O=C[C@@H]1CCCN1C(=O)OCc1ccccc1. The number of amides is 2. The maximum atomic E-state index is 12.3. The number of unbranched alkanes of at least 4 members (excludes halogenated alkanes) is 2. The molecule has 0 unspecified atom stereocenters. The highest BCUT2D eigenvalue weighted by Gasteiger charge is 2.31. The van der Waals surface area contributed by atoms with E-state index in [1.54, 1.807) is 0 Å². The fourth-order valence-corrected chi connectivity index (χ4v) is 6.87. The summed E-state index contributed by atoms with van der Waals surface area (Å²) in [5, 5.41) is 10.5. The summed E-state index contributed by atoms with van der Waals surface area (Å²) in [4.78, 5) is 43.0. The van der Waals surface area contributed by atoms with E-state index < -0.39 is 6.09 Å². The van der Waals surface area contributed by atoms with Crippen molar-refractivity contribution in [3.05, 3.63) is 71.8 Å². The van der Waals surface area contributed by atoms with E-state index >= 15 is 0 Å². The van der Waals surface area contributed by atoms with Gasteiger partial charge in [-0.15, -0.1) is 0 Å². The Kier molecular flexibility index (Phi) is 29.4. The number of rotatable bonds is 15. The van der Waals surface area contributed by atoms with Crippen LogP contribution < -0.4 is 5.32 Å². The Balaban J connectivity index is 0.000000401. The molecule has 0 spiro atoms. The minimum Gasteiger partial charge on any atom is -0.445 e. The molecule has 5 rings (SSSR count).